The molecule has 0 spiro atoms. The van der Waals surface area contributed by atoms with Crippen molar-refractivity contribution in [1.29, 1.82) is 0 Å². The van der Waals surface area contributed by atoms with Gasteiger partial charge in [0, 0.05) is 12.1 Å². The predicted molar refractivity (Wildman–Crippen MR) is 65.7 cm³/mol. The average Bonchev–Trinajstić information content (AvgIpc) is 2.26. The number of hydrogen-bond donors (Lipinski definition) is 2. The molecule has 2 unspecified atom stereocenters. The van der Waals surface area contributed by atoms with Crippen molar-refractivity contribution in [2.45, 2.75) is 39.3 Å². The van der Waals surface area contributed by atoms with Gasteiger partial charge in [-0.3, -0.25) is 4.90 Å². The van der Waals surface area contributed by atoms with E-state index in [1.165, 1.54) is 0 Å². The molecule has 3 heteroatoms. The van der Waals surface area contributed by atoms with Gasteiger partial charge >= 0.3 is 0 Å². The monoisotopic (exact) mass is 223 g/mol. The summed E-state index contributed by atoms with van der Waals surface area (Å²) in [5, 5.41) is 19.6. The summed E-state index contributed by atoms with van der Waals surface area (Å²) < 4.78 is 0. The summed E-state index contributed by atoms with van der Waals surface area (Å²) in [6.07, 6.45) is 1.04. The van der Waals surface area contributed by atoms with Crippen molar-refractivity contribution in [3.05, 3.63) is 23.8 Å². The summed E-state index contributed by atoms with van der Waals surface area (Å²) >= 11 is 0. The van der Waals surface area contributed by atoms with Gasteiger partial charge in [-0.2, -0.15) is 0 Å². The van der Waals surface area contributed by atoms with E-state index in [1.54, 1.807) is 18.2 Å². The van der Waals surface area contributed by atoms with Crippen LogP contribution in [0.4, 0.5) is 0 Å². The molecule has 16 heavy (non-hydrogen) atoms. The molecule has 0 saturated heterocycles. The third-order valence-electron chi connectivity index (χ3n) is 3.37. The summed E-state index contributed by atoms with van der Waals surface area (Å²) in [7, 11) is 2.00. The third-order valence-corrected chi connectivity index (χ3v) is 3.37. The SMILES string of the molecule is CCC(C)N(C)C(C)c1c(O)cccc1O. The van der Waals surface area contributed by atoms with Crippen molar-refractivity contribution < 1.29 is 10.2 Å². The van der Waals surface area contributed by atoms with Crippen LogP contribution < -0.4 is 0 Å². The lowest BCUT2D eigenvalue weighted by atomic mass is 10.0. The van der Waals surface area contributed by atoms with Crippen LogP contribution in [-0.4, -0.2) is 28.2 Å². The van der Waals surface area contributed by atoms with E-state index in [9.17, 15) is 10.2 Å². The summed E-state index contributed by atoms with van der Waals surface area (Å²) in [4.78, 5) is 2.15. The van der Waals surface area contributed by atoms with Gasteiger partial charge in [0.05, 0.1) is 5.56 Å². The number of rotatable bonds is 4. The van der Waals surface area contributed by atoms with E-state index in [0.717, 1.165) is 6.42 Å². The van der Waals surface area contributed by atoms with Gasteiger partial charge in [0.15, 0.2) is 0 Å². The normalized spacial score (nSPS) is 15.1. The Hall–Kier alpha value is -1.22. The first-order chi connectivity index (χ1) is 7.49. The predicted octanol–water partition coefficient (Wildman–Crippen LogP) is 2.89. The Labute approximate surface area is 97.3 Å². The van der Waals surface area contributed by atoms with Gasteiger partial charge in [-0.25, -0.2) is 0 Å². The molecule has 0 heterocycles. The Morgan fingerprint density at radius 3 is 2.12 bits per heavy atom. The molecule has 2 atom stereocenters. The van der Waals surface area contributed by atoms with Crippen molar-refractivity contribution in [2.75, 3.05) is 7.05 Å². The van der Waals surface area contributed by atoms with Crippen LogP contribution in [0, 0.1) is 0 Å². The van der Waals surface area contributed by atoms with E-state index in [4.69, 9.17) is 0 Å². The molecule has 3 nitrogen and oxygen atoms in total. The molecule has 0 bridgehead atoms. The Morgan fingerprint density at radius 1 is 1.19 bits per heavy atom. The molecule has 0 aliphatic carbocycles. The van der Waals surface area contributed by atoms with Gasteiger partial charge in [0.1, 0.15) is 11.5 Å². The zero-order chi connectivity index (χ0) is 12.3. The molecular formula is C13H21NO2. The van der Waals surface area contributed by atoms with Crippen molar-refractivity contribution in [1.82, 2.24) is 4.90 Å². The maximum Gasteiger partial charge on any atom is 0.124 e. The molecule has 1 rings (SSSR count). The van der Waals surface area contributed by atoms with E-state index < -0.39 is 0 Å². The topological polar surface area (TPSA) is 43.7 Å². The first kappa shape index (κ1) is 12.8. The lowest BCUT2D eigenvalue weighted by molar-refractivity contribution is 0.187. The van der Waals surface area contributed by atoms with Crippen LogP contribution in [-0.2, 0) is 0 Å². The molecule has 0 aliphatic rings. The highest BCUT2D eigenvalue weighted by atomic mass is 16.3. The fourth-order valence-corrected chi connectivity index (χ4v) is 1.84. The van der Waals surface area contributed by atoms with Crippen LogP contribution >= 0.6 is 0 Å². The van der Waals surface area contributed by atoms with Crippen LogP contribution in [0.2, 0.25) is 0 Å². The average molecular weight is 223 g/mol. The largest absolute Gasteiger partial charge is 0.507 e. The standard InChI is InChI=1S/C13H21NO2/c1-5-9(2)14(4)10(3)13-11(15)7-6-8-12(13)16/h6-10,15-16H,5H2,1-4H3. The number of phenolic OH excluding ortho intramolecular Hbond substituents is 2. The van der Waals surface area contributed by atoms with Crippen LogP contribution in [0.5, 0.6) is 11.5 Å². The fraction of sp³-hybridized carbons (Fsp3) is 0.538. The lowest BCUT2D eigenvalue weighted by Crippen LogP contribution is -2.31. The molecule has 2 N–H and O–H groups in total. The first-order valence-electron chi connectivity index (χ1n) is 5.71. The minimum atomic E-state index is -0.00356. The second-order valence-corrected chi connectivity index (χ2v) is 4.31. The molecule has 90 valence electrons. The number of phenols is 2. The third kappa shape index (κ3) is 2.47. The maximum absolute atomic E-state index is 9.78. The smallest absolute Gasteiger partial charge is 0.124 e. The Morgan fingerprint density at radius 2 is 1.69 bits per heavy atom. The second-order valence-electron chi connectivity index (χ2n) is 4.31. The minimum Gasteiger partial charge on any atom is -0.507 e. The first-order valence-corrected chi connectivity index (χ1v) is 5.71. The van der Waals surface area contributed by atoms with E-state index in [1.807, 2.05) is 14.0 Å². The van der Waals surface area contributed by atoms with Gasteiger partial charge in [0.25, 0.3) is 0 Å². The number of hydrogen-bond acceptors (Lipinski definition) is 3. The zero-order valence-corrected chi connectivity index (χ0v) is 10.4. The number of benzene rings is 1. The fourth-order valence-electron chi connectivity index (χ4n) is 1.84. The lowest BCUT2D eigenvalue weighted by Gasteiger charge is -2.31. The highest BCUT2D eigenvalue weighted by molar-refractivity contribution is 5.44. The van der Waals surface area contributed by atoms with Crippen molar-refractivity contribution >= 4 is 0 Å². The van der Waals surface area contributed by atoms with E-state index >= 15 is 0 Å². The summed E-state index contributed by atoms with van der Waals surface area (Å²) in [5.74, 6) is 0.310. The van der Waals surface area contributed by atoms with Crippen LogP contribution in [0.25, 0.3) is 0 Å². The van der Waals surface area contributed by atoms with E-state index in [0.29, 0.717) is 11.6 Å². The Bertz CT molecular complexity index is 332. The number of nitrogens with zero attached hydrogens (tertiary/aromatic N) is 1. The summed E-state index contributed by atoms with van der Waals surface area (Å²) in [6, 6.07) is 5.26. The molecule has 1 aromatic rings. The minimum absolute atomic E-state index is 0.00356. The molecule has 0 saturated carbocycles. The van der Waals surface area contributed by atoms with Gasteiger partial charge in [-0.15, -0.1) is 0 Å². The molecule has 0 aliphatic heterocycles. The van der Waals surface area contributed by atoms with Gasteiger partial charge < -0.3 is 10.2 Å². The van der Waals surface area contributed by atoms with Crippen molar-refractivity contribution in [3.63, 3.8) is 0 Å². The molecule has 0 fully saturated rings. The maximum atomic E-state index is 9.78. The van der Waals surface area contributed by atoms with Gasteiger partial charge in [-0.05, 0) is 39.4 Å². The number of aromatic hydroxyl groups is 2. The molecular weight excluding hydrogens is 202 g/mol. The van der Waals surface area contributed by atoms with Gasteiger partial charge in [-0.1, -0.05) is 13.0 Å². The van der Waals surface area contributed by atoms with Gasteiger partial charge in [0.2, 0.25) is 0 Å². The zero-order valence-electron chi connectivity index (χ0n) is 10.4. The Balaban J connectivity index is 3.00. The van der Waals surface area contributed by atoms with Crippen molar-refractivity contribution in [2.24, 2.45) is 0 Å². The summed E-state index contributed by atoms with van der Waals surface area (Å²) in [6.45, 7) is 6.24. The summed E-state index contributed by atoms with van der Waals surface area (Å²) in [5.41, 5.74) is 0.602. The van der Waals surface area contributed by atoms with Crippen LogP contribution in [0.15, 0.2) is 18.2 Å². The molecule has 0 amide bonds. The highest BCUT2D eigenvalue weighted by Gasteiger charge is 2.21. The van der Waals surface area contributed by atoms with Crippen LogP contribution in [0.3, 0.4) is 0 Å². The quantitative estimate of drug-likeness (QED) is 0.825. The highest BCUT2D eigenvalue weighted by Crippen LogP contribution is 2.35. The van der Waals surface area contributed by atoms with Crippen LogP contribution in [0.1, 0.15) is 38.8 Å². The van der Waals surface area contributed by atoms with E-state index in [2.05, 4.69) is 18.7 Å². The molecule has 0 radical (unpaired) electrons. The second kappa shape index (κ2) is 5.21. The molecule has 0 aromatic heterocycles. The Kier molecular flexibility index (Phi) is 4.19. The van der Waals surface area contributed by atoms with E-state index in [-0.39, 0.29) is 17.5 Å². The van der Waals surface area contributed by atoms with Crippen molar-refractivity contribution in [3.8, 4) is 11.5 Å². The molecule has 1 aromatic carbocycles.